The Morgan fingerprint density at radius 2 is 1.70 bits per heavy atom. The van der Waals surface area contributed by atoms with E-state index in [-0.39, 0.29) is 16.7 Å². The number of methoxy groups -OCH3 is 2. The first-order valence-corrected chi connectivity index (χ1v) is 14.4. The van der Waals surface area contributed by atoms with E-state index in [1.54, 1.807) is 26.5 Å². The van der Waals surface area contributed by atoms with Crippen LogP contribution in [0.3, 0.4) is 0 Å². The number of nitrogens with one attached hydrogen (secondary N) is 1. The fourth-order valence-electron chi connectivity index (χ4n) is 3.73. The highest BCUT2D eigenvalue weighted by atomic mass is 32.2. The summed E-state index contributed by atoms with van der Waals surface area (Å²) in [5.74, 6) is 1.07. The largest absolute Gasteiger partial charge is 0.493 e. The first-order valence-electron chi connectivity index (χ1n) is 12.4. The van der Waals surface area contributed by atoms with Crippen molar-refractivity contribution in [3.8, 4) is 11.5 Å². The molecule has 3 aromatic carbocycles. The van der Waals surface area contributed by atoms with Crippen molar-refractivity contribution in [1.29, 1.82) is 0 Å². The van der Waals surface area contributed by atoms with Crippen LogP contribution in [0.25, 0.3) is 10.2 Å². The molecule has 4 aromatic rings. The van der Waals surface area contributed by atoms with Gasteiger partial charge in [0, 0.05) is 17.7 Å². The second kappa shape index (κ2) is 15.6. The molecular weight excluding hydrogens is 548 g/mol. The number of hydrogen-bond acceptors (Lipinski definition) is 10. The summed E-state index contributed by atoms with van der Waals surface area (Å²) >= 11 is 2.47. The van der Waals surface area contributed by atoms with Crippen LogP contribution in [0.15, 0.2) is 65.8 Å². The number of amides is 1. The fourth-order valence-corrected chi connectivity index (χ4v) is 4.86. The molecule has 0 fully saturated rings. The van der Waals surface area contributed by atoms with Crippen LogP contribution in [0.2, 0.25) is 0 Å². The van der Waals surface area contributed by atoms with Gasteiger partial charge in [-0.3, -0.25) is 9.59 Å². The fraction of sp³-hybridized carbons (Fsp3) is 0.276. The highest BCUT2D eigenvalue weighted by Crippen LogP contribution is 2.27. The normalized spacial score (nSPS) is 10.9. The van der Waals surface area contributed by atoms with Gasteiger partial charge in [0.05, 0.1) is 18.9 Å². The molecule has 0 bridgehead atoms. The highest BCUT2D eigenvalue weighted by molar-refractivity contribution is 8.13. The van der Waals surface area contributed by atoms with E-state index in [1.165, 1.54) is 36.0 Å². The van der Waals surface area contributed by atoms with Gasteiger partial charge in [0.15, 0.2) is 17.2 Å². The van der Waals surface area contributed by atoms with Gasteiger partial charge in [-0.05, 0) is 66.0 Å². The molecular formula is C29H32N4O5S2. The third kappa shape index (κ3) is 8.03. The number of aryl methyl sites for hydroxylation is 1. The molecule has 0 radical (unpaired) electrons. The molecule has 210 valence electrons. The van der Waals surface area contributed by atoms with Crippen LogP contribution in [0.4, 0.5) is 0 Å². The molecule has 0 aliphatic heterocycles. The third-order valence-electron chi connectivity index (χ3n) is 5.86. The molecule has 0 spiro atoms. The number of benzene rings is 3. The van der Waals surface area contributed by atoms with Crippen LogP contribution in [-0.2, 0) is 22.5 Å². The molecule has 1 aromatic heterocycles. The number of nitrogens with zero attached hydrogens (tertiary/aromatic N) is 3. The number of rotatable bonds is 10. The van der Waals surface area contributed by atoms with Gasteiger partial charge in [-0.1, -0.05) is 64.7 Å². The van der Waals surface area contributed by atoms with Gasteiger partial charge in [-0.2, -0.15) is 0 Å². The Kier molecular flexibility index (Phi) is 11.9. The minimum absolute atomic E-state index is 0.0663. The molecule has 0 atom stereocenters. The van der Waals surface area contributed by atoms with Crippen LogP contribution >= 0.6 is 23.3 Å². The summed E-state index contributed by atoms with van der Waals surface area (Å²) in [4.78, 5) is 28.8. The van der Waals surface area contributed by atoms with Crippen molar-refractivity contribution < 1.29 is 23.9 Å². The Morgan fingerprint density at radius 3 is 2.35 bits per heavy atom. The van der Waals surface area contributed by atoms with Crippen molar-refractivity contribution in [2.75, 3.05) is 34.1 Å². The van der Waals surface area contributed by atoms with Crippen molar-refractivity contribution >= 4 is 50.2 Å². The Balaban J connectivity index is 0.000000281. The second-order valence-corrected chi connectivity index (χ2v) is 9.82. The highest BCUT2D eigenvalue weighted by Gasteiger charge is 2.15. The first kappa shape index (κ1) is 30.6. The van der Waals surface area contributed by atoms with Gasteiger partial charge < -0.3 is 19.6 Å². The van der Waals surface area contributed by atoms with Gasteiger partial charge in [0.1, 0.15) is 12.6 Å². The average molecular weight is 581 g/mol. The van der Waals surface area contributed by atoms with E-state index < -0.39 is 0 Å². The molecule has 1 heterocycles. The minimum atomic E-state index is -0.276. The summed E-state index contributed by atoms with van der Waals surface area (Å²) in [5.41, 5.74) is 4.71. The number of carbonyl (C=O) groups excluding carboxylic acids is 2. The zero-order valence-corrected chi connectivity index (χ0v) is 24.7. The summed E-state index contributed by atoms with van der Waals surface area (Å²) in [6.45, 7) is 2.55. The molecule has 40 heavy (non-hydrogen) atoms. The summed E-state index contributed by atoms with van der Waals surface area (Å²) in [6, 6.07) is 18.9. The second-order valence-electron chi connectivity index (χ2n) is 8.29. The number of hydrogen-bond donors (Lipinski definition) is 1. The van der Waals surface area contributed by atoms with Crippen LogP contribution < -0.4 is 14.8 Å². The lowest BCUT2D eigenvalue weighted by atomic mass is 10.1. The lowest BCUT2D eigenvalue weighted by Crippen LogP contribution is -2.33. The Hall–Kier alpha value is -3.96. The molecule has 0 unspecified atom stereocenters. The standard InChI is InChI=1S/C21H26N2O4.C8H6N2OS2/c1-5-15-6-9-17(10-7-15)20(23-27-4)21(24)22-13-12-16-8-11-18(25-2)19(14-16)26-3;1-12-8(11)5-3-2-4-6-7(5)13-10-9-6/h6-11,14H,5,12-13H2,1-4H3,(H,22,24);2-4H,1H3/b23-20-;. The van der Waals surface area contributed by atoms with Crippen molar-refractivity contribution in [1.82, 2.24) is 14.9 Å². The maximum absolute atomic E-state index is 12.5. The summed E-state index contributed by atoms with van der Waals surface area (Å²) in [6.07, 6.45) is 3.37. The van der Waals surface area contributed by atoms with Crippen LogP contribution in [-0.4, -0.2) is 60.5 Å². The van der Waals surface area contributed by atoms with E-state index in [2.05, 4.69) is 27.0 Å². The molecule has 1 N–H and O–H groups in total. The number of oxime groups is 1. The molecule has 0 saturated carbocycles. The molecule has 1 amide bonds. The minimum Gasteiger partial charge on any atom is -0.493 e. The van der Waals surface area contributed by atoms with Crippen LogP contribution in [0.5, 0.6) is 11.5 Å². The summed E-state index contributed by atoms with van der Waals surface area (Å²) < 4.78 is 15.2. The maximum atomic E-state index is 12.5. The van der Waals surface area contributed by atoms with E-state index in [0.717, 1.165) is 27.8 Å². The van der Waals surface area contributed by atoms with E-state index in [9.17, 15) is 9.59 Å². The molecule has 11 heteroatoms. The molecule has 9 nitrogen and oxygen atoms in total. The zero-order chi connectivity index (χ0) is 28.9. The van der Waals surface area contributed by atoms with Crippen molar-refractivity contribution in [2.24, 2.45) is 5.16 Å². The van der Waals surface area contributed by atoms with Gasteiger partial charge in [0.2, 0.25) is 5.12 Å². The van der Waals surface area contributed by atoms with E-state index >= 15 is 0 Å². The lowest BCUT2D eigenvalue weighted by molar-refractivity contribution is -0.114. The Morgan fingerprint density at radius 1 is 0.975 bits per heavy atom. The van der Waals surface area contributed by atoms with Gasteiger partial charge in [0.25, 0.3) is 5.91 Å². The molecule has 0 aliphatic rings. The van der Waals surface area contributed by atoms with Crippen molar-refractivity contribution in [3.05, 3.63) is 82.9 Å². The van der Waals surface area contributed by atoms with Crippen LogP contribution in [0, 0.1) is 0 Å². The van der Waals surface area contributed by atoms with E-state index in [0.29, 0.717) is 30.0 Å². The molecule has 0 aliphatic carbocycles. The summed E-state index contributed by atoms with van der Waals surface area (Å²) in [5, 5.41) is 10.8. The molecule has 0 saturated heterocycles. The van der Waals surface area contributed by atoms with Gasteiger partial charge in [-0.25, -0.2) is 0 Å². The Labute approximate surface area is 242 Å². The quantitative estimate of drug-likeness (QED) is 0.202. The zero-order valence-electron chi connectivity index (χ0n) is 23.1. The SMILES string of the molecule is CCc1ccc(/C(=N/OC)C(=O)NCCc2ccc(OC)c(OC)c2)cc1.CSC(=O)c1cccc2nnsc12. The predicted octanol–water partition coefficient (Wildman–Crippen LogP) is 5.17. The van der Waals surface area contributed by atoms with Crippen molar-refractivity contribution in [3.63, 3.8) is 0 Å². The van der Waals surface area contributed by atoms with Crippen LogP contribution in [0.1, 0.15) is 34.0 Å². The first-order chi connectivity index (χ1) is 19.4. The average Bonchev–Trinajstić information content (AvgIpc) is 3.49. The topological polar surface area (TPSA) is 112 Å². The molecule has 4 rings (SSSR count). The number of aromatic nitrogens is 2. The number of carbonyl (C=O) groups is 2. The number of ether oxygens (including phenoxy) is 2. The number of thioether (sulfide) groups is 1. The van der Waals surface area contributed by atoms with Gasteiger partial charge >= 0.3 is 0 Å². The Bertz CT molecular complexity index is 1450. The third-order valence-corrected chi connectivity index (χ3v) is 7.23. The van der Waals surface area contributed by atoms with Crippen molar-refractivity contribution in [2.45, 2.75) is 19.8 Å². The monoisotopic (exact) mass is 580 g/mol. The summed E-state index contributed by atoms with van der Waals surface area (Å²) in [7, 11) is 4.62. The smallest absolute Gasteiger partial charge is 0.273 e. The lowest BCUT2D eigenvalue weighted by Gasteiger charge is -2.11. The van der Waals surface area contributed by atoms with E-state index in [1.807, 2.05) is 54.6 Å². The van der Waals surface area contributed by atoms with E-state index in [4.69, 9.17) is 14.3 Å². The predicted molar refractivity (Wildman–Crippen MR) is 161 cm³/mol. The van der Waals surface area contributed by atoms with Gasteiger partial charge in [-0.15, -0.1) is 5.10 Å². The number of fused-ring (bicyclic) bond motifs is 1. The maximum Gasteiger partial charge on any atom is 0.273 e.